The summed E-state index contributed by atoms with van der Waals surface area (Å²) < 4.78 is 4.14. The number of aromatic nitrogens is 8. The van der Waals surface area contributed by atoms with Crippen LogP contribution < -0.4 is 11.5 Å². The molecule has 4 rings (SSSR count). The number of nitrogen functional groups attached to an aromatic ring is 2. The van der Waals surface area contributed by atoms with Gasteiger partial charge in [0, 0.05) is 25.9 Å². The van der Waals surface area contributed by atoms with Gasteiger partial charge in [-0.05, 0) is 37.5 Å². The Morgan fingerprint density at radius 1 is 0.476 bits per heavy atom. The third kappa shape index (κ3) is 9.73. The van der Waals surface area contributed by atoms with Gasteiger partial charge in [-0.3, -0.25) is 0 Å². The van der Waals surface area contributed by atoms with Crippen LogP contribution in [-0.4, -0.2) is 39.0 Å². The molecule has 0 aromatic carbocycles. The Kier molecular flexibility index (Phi) is 12.9. The second-order valence-corrected chi connectivity index (χ2v) is 10.8. The normalized spacial score (nSPS) is 11.0. The topological polar surface area (TPSA) is 139 Å². The lowest BCUT2D eigenvalue weighted by molar-refractivity contribution is 0.550. The first-order valence-corrected chi connectivity index (χ1v) is 15.5. The van der Waals surface area contributed by atoms with Crippen LogP contribution in [0.3, 0.4) is 0 Å². The molecule has 0 atom stereocenters. The molecule has 0 aliphatic heterocycles. The zero-order valence-corrected chi connectivity index (χ0v) is 24.8. The van der Waals surface area contributed by atoms with Gasteiger partial charge in [-0.15, -0.1) is 0 Å². The van der Waals surface area contributed by atoms with E-state index in [4.69, 9.17) is 11.5 Å². The fourth-order valence-corrected chi connectivity index (χ4v) is 5.10. The number of hydrogen-bond acceptors (Lipinski definition) is 8. The van der Waals surface area contributed by atoms with E-state index in [1.807, 2.05) is 12.7 Å². The van der Waals surface area contributed by atoms with Crippen LogP contribution >= 0.6 is 0 Å². The summed E-state index contributed by atoms with van der Waals surface area (Å²) in [7, 11) is 0. The van der Waals surface area contributed by atoms with Gasteiger partial charge in [0.25, 0.3) is 0 Å². The predicted molar refractivity (Wildman–Crippen MR) is 169 cm³/mol. The molecule has 4 aromatic heterocycles. The average Bonchev–Trinajstić information content (AvgIpc) is 3.61. The van der Waals surface area contributed by atoms with Crippen molar-refractivity contribution in [2.75, 3.05) is 11.5 Å². The lowest BCUT2D eigenvalue weighted by atomic mass is 10.1. The number of aryl methyl sites for hydroxylation is 2. The maximum atomic E-state index is 5.85. The van der Waals surface area contributed by atoms with Crippen LogP contribution in [0.2, 0.25) is 0 Å². The smallest absolute Gasteiger partial charge is 0.165 e. The fraction of sp³-hybridized carbons (Fsp3) is 0.562. The summed E-state index contributed by atoms with van der Waals surface area (Å²) in [6, 6.07) is 0. The second-order valence-electron chi connectivity index (χ2n) is 10.8. The van der Waals surface area contributed by atoms with Crippen LogP contribution in [-0.2, 0) is 13.1 Å². The van der Waals surface area contributed by atoms with Gasteiger partial charge in [0.15, 0.2) is 22.9 Å². The third-order valence-electron chi connectivity index (χ3n) is 7.50. The van der Waals surface area contributed by atoms with E-state index in [2.05, 4.69) is 62.7 Å². The predicted octanol–water partition coefficient (Wildman–Crippen LogP) is 6.08. The van der Waals surface area contributed by atoms with Crippen molar-refractivity contribution < 1.29 is 0 Å². The van der Waals surface area contributed by atoms with E-state index in [0.29, 0.717) is 22.7 Å². The van der Waals surface area contributed by atoms with Gasteiger partial charge in [-0.2, -0.15) is 0 Å². The maximum absolute atomic E-state index is 5.85. The standard InChI is InChI=1S/C32H44N10/c33-29-27-31(37-23-35-29)41(25-39-27)21-19-17-15-13-11-9-7-5-3-1-2-4-6-8-10-12-14-16-18-20-22-42-26-40-28-30(34)36-24-38-32(28)42/h23-26H,5-22H2,(H2,33,35,37)(H2,34,36,38). The molecule has 4 aromatic rings. The molecule has 0 spiro atoms. The molecule has 0 saturated carbocycles. The van der Waals surface area contributed by atoms with E-state index in [0.717, 1.165) is 50.1 Å². The number of anilines is 2. The van der Waals surface area contributed by atoms with E-state index in [1.54, 1.807) is 0 Å². The summed E-state index contributed by atoms with van der Waals surface area (Å²) in [5, 5.41) is 0. The van der Waals surface area contributed by atoms with Crippen LogP contribution in [0.4, 0.5) is 11.6 Å². The highest BCUT2D eigenvalue weighted by Gasteiger charge is 2.08. The Bertz CT molecular complexity index is 1380. The minimum atomic E-state index is 0.445. The van der Waals surface area contributed by atoms with Crippen LogP contribution in [0.1, 0.15) is 103 Å². The first-order valence-electron chi connectivity index (χ1n) is 15.5. The van der Waals surface area contributed by atoms with Gasteiger partial charge in [0.05, 0.1) is 12.7 Å². The summed E-state index contributed by atoms with van der Waals surface area (Å²) in [5.41, 5.74) is 14.7. The first-order chi connectivity index (χ1) is 20.7. The molecule has 4 heterocycles. The molecule has 0 fully saturated rings. The third-order valence-corrected chi connectivity index (χ3v) is 7.50. The highest BCUT2D eigenvalue weighted by Crippen LogP contribution is 2.17. The molecule has 4 N–H and O–H groups in total. The molecule has 10 heteroatoms. The molecule has 42 heavy (non-hydrogen) atoms. The number of nitrogens with two attached hydrogens (primary N) is 2. The average molecular weight is 569 g/mol. The summed E-state index contributed by atoms with van der Waals surface area (Å²) in [4.78, 5) is 25.2. The van der Waals surface area contributed by atoms with Crippen molar-refractivity contribution in [3.05, 3.63) is 25.3 Å². The number of fused-ring (bicyclic) bond motifs is 2. The molecular weight excluding hydrogens is 524 g/mol. The van der Waals surface area contributed by atoms with Gasteiger partial charge in [-0.1, -0.05) is 76.0 Å². The van der Waals surface area contributed by atoms with Crippen molar-refractivity contribution in [1.29, 1.82) is 0 Å². The minimum absolute atomic E-state index is 0.445. The van der Waals surface area contributed by atoms with E-state index in [-0.39, 0.29) is 0 Å². The van der Waals surface area contributed by atoms with Crippen molar-refractivity contribution in [3.8, 4) is 23.7 Å². The summed E-state index contributed by atoms with van der Waals surface area (Å²) in [6.45, 7) is 1.84. The van der Waals surface area contributed by atoms with Gasteiger partial charge in [0.1, 0.15) is 23.7 Å². The van der Waals surface area contributed by atoms with E-state index in [1.165, 1.54) is 89.7 Å². The van der Waals surface area contributed by atoms with Gasteiger partial charge in [-0.25, -0.2) is 29.9 Å². The highest BCUT2D eigenvalue weighted by molar-refractivity contribution is 5.81. The monoisotopic (exact) mass is 568 g/mol. The summed E-state index contributed by atoms with van der Waals surface area (Å²) in [5.74, 6) is 13.4. The molecule has 0 saturated heterocycles. The van der Waals surface area contributed by atoms with Crippen molar-refractivity contribution in [1.82, 2.24) is 39.0 Å². The minimum Gasteiger partial charge on any atom is -0.382 e. The van der Waals surface area contributed by atoms with Gasteiger partial charge >= 0.3 is 0 Å². The van der Waals surface area contributed by atoms with Crippen molar-refractivity contribution in [3.63, 3.8) is 0 Å². The van der Waals surface area contributed by atoms with Crippen LogP contribution in [0.5, 0.6) is 0 Å². The Balaban J connectivity index is 0.901. The van der Waals surface area contributed by atoms with E-state index >= 15 is 0 Å². The SMILES string of the molecule is Nc1ncnc2c1ncn2CCCCCCCCCC#CC#CCCCCCCCCCn1cnc2c(N)ncnc21. The fourth-order valence-electron chi connectivity index (χ4n) is 5.10. The molecule has 0 radical (unpaired) electrons. The number of nitrogens with zero attached hydrogens (tertiary/aromatic N) is 8. The van der Waals surface area contributed by atoms with Crippen molar-refractivity contribution in [2.24, 2.45) is 0 Å². The lowest BCUT2D eigenvalue weighted by Crippen LogP contribution is -1.99. The quantitative estimate of drug-likeness (QED) is 0.109. The Labute approximate surface area is 249 Å². The van der Waals surface area contributed by atoms with Crippen molar-refractivity contribution >= 4 is 34.0 Å². The number of unbranched alkanes of at least 4 members (excludes halogenated alkanes) is 14. The maximum Gasteiger partial charge on any atom is 0.165 e. The van der Waals surface area contributed by atoms with Crippen molar-refractivity contribution in [2.45, 2.75) is 116 Å². The number of imidazole rings is 2. The summed E-state index contributed by atoms with van der Waals surface area (Å²) in [6.07, 6.45) is 25.7. The largest absolute Gasteiger partial charge is 0.382 e. The van der Waals surface area contributed by atoms with E-state index < -0.39 is 0 Å². The highest BCUT2D eigenvalue weighted by atomic mass is 15.1. The molecule has 0 aliphatic carbocycles. The molecular formula is C32H44N10. The van der Waals surface area contributed by atoms with Crippen LogP contribution in [0, 0.1) is 23.7 Å². The van der Waals surface area contributed by atoms with Crippen LogP contribution in [0.25, 0.3) is 22.3 Å². The van der Waals surface area contributed by atoms with Gasteiger partial charge in [0.2, 0.25) is 0 Å². The number of rotatable bonds is 18. The molecule has 0 unspecified atom stereocenters. The van der Waals surface area contributed by atoms with E-state index in [9.17, 15) is 0 Å². The molecule has 0 aliphatic rings. The molecule has 10 nitrogen and oxygen atoms in total. The first kappa shape index (κ1) is 30.8. The lowest BCUT2D eigenvalue weighted by Gasteiger charge is -2.04. The Hall–Kier alpha value is -4.18. The zero-order valence-electron chi connectivity index (χ0n) is 24.8. The Morgan fingerprint density at radius 3 is 1.29 bits per heavy atom. The van der Waals surface area contributed by atoms with Gasteiger partial charge < -0.3 is 20.6 Å². The number of hydrogen-bond donors (Lipinski definition) is 2. The molecule has 0 amide bonds. The molecule has 222 valence electrons. The summed E-state index contributed by atoms with van der Waals surface area (Å²) >= 11 is 0. The zero-order chi connectivity index (χ0) is 29.2. The van der Waals surface area contributed by atoms with Crippen LogP contribution in [0.15, 0.2) is 25.3 Å². The second kappa shape index (κ2) is 17.6. The molecule has 0 bridgehead atoms. The Morgan fingerprint density at radius 2 is 0.857 bits per heavy atom.